The number of aryl methyl sites for hydroxylation is 2. The van der Waals surface area contributed by atoms with E-state index in [0.717, 1.165) is 22.6 Å². The summed E-state index contributed by atoms with van der Waals surface area (Å²) in [6.45, 7) is 6.10. The van der Waals surface area contributed by atoms with Crippen molar-refractivity contribution < 1.29 is 13.7 Å². The Morgan fingerprint density at radius 1 is 1.36 bits per heavy atom. The molecule has 118 valence electrons. The number of hydrogen-bond donors (Lipinski definition) is 1. The number of aromatic nitrogens is 1. The Morgan fingerprint density at radius 2 is 2.05 bits per heavy atom. The van der Waals surface area contributed by atoms with Gasteiger partial charge in [0.15, 0.2) is 0 Å². The number of carbonyl (C=O) groups excluding carboxylic acids is 1. The van der Waals surface area contributed by atoms with Crippen LogP contribution in [0.25, 0.3) is 0 Å². The van der Waals surface area contributed by atoms with Crippen LogP contribution in [0.1, 0.15) is 34.8 Å². The highest BCUT2D eigenvalue weighted by molar-refractivity contribution is 8.00. The van der Waals surface area contributed by atoms with Gasteiger partial charge in [-0.2, -0.15) is 0 Å². The monoisotopic (exact) mass is 322 g/mol. The summed E-state index contributed by atoms with van der Waals surface area (Å²) >= 11 is 1.52. The second kappa shape index (κ2) is 7.45. The molecule has 6 heteroatoms. The second-order valence-corrected chi connectivity index (χ2v) is 6.41. The smallest absolute Gasteiger partial charge is 0.230 e. The lowest BCUT2D eigenvalue weighted by molar-refractivity contribution is -0.118. The molecule has 0 saturated carbocycles. The van der Waals surface area contributed by atoms with Gasteiger partial charge in [-0.3, -0.25) is 4.79 Å². The van der Waals surface area contributed by atoms with E-state index in [0.29, 0.717) is 12.3 Å². The fourth-order valence-corrected chi connectivity index (χ4v) is 2.88. The first-order chi connectivity index (χ1) is 10.5. The van der Waals surface area contributed by atoms with Crippen molar-refractivity contribution in [3.8, 4) is 0 Å². The van der Waals surface area contributed by atoms with Crippen molar-refractivity contribution in [3.05, 3.63) is 52.7 Å². The molecular formula is C16H19FN2O2S. The number of nitrogens with one attached hydrogen (secondary N) is 1. The van der Waals surface area contributed by atoms with Crippen molar-refractivity contribution in [1.82, 2.24) is 10.5 Å². The molecule has 0 bridgehead atoms. The first-order valence-corrected chi connectivity index (χ1v) is 8.07. The van der Waals surface area contributed by atoms with Gasteiger partial charge in [0.1, 0.15) is 11.6 Å². The normalized spacial score (nSPS) is 12.2. The molecule has 0 saturated heterocycles. The first kappa shape index (κ1) is 16.5. The topological polar surface area (TPSA) is 55.1 Å². The van der Waals surface area contributed by atoms with Crippen molar-refractivity contribution in [2.45, 2.75) is 32.6 Å². The lowest BCUT2D eigenvalue weighted by Gasteiger charge is -2.11. The predicted octanol–water partition coefficient (Wildman–Crippen LogP) is 3.54. The molecule has 0 fully saturated rings. The van der Waals surface area contributed by atoms with E-state index in [1.54, 1.807) is 12.1 Å². The number of nitrogens with zero attached hydrogens (tertiary/aromatic N) is 1. The maximum absolute atomic E-state index is 12.9. The summed E-state index contributed by atoms with van der Waals surface area (Å²) < 4.78 is 17.9. The Hall–Kier alpha value is -1.82. The van der Waals surface area contributed by atoms with Crippen LogP contribution in [0.3, 0.4) is 0 Å². The minimum absolute atomic E-state index is 0.0426. The highest BCUT2D eigenvalue weighted by atomic mass is 32.2. The number of hydrogen-bond acceptors (Lipinski definition) is 4. The Kier molecular flexibility index (Phi) is 5.60. The molecule has 1 aromatic heterocycles. The van der Waals surface area contributed by atoms with Gasteiger partial charge in [0.25, 0.3) is 0 Å². The zero-order valence-corrected chi connectivity index (χ0v) is 13.7. The fourth-order valence-electron chi connectivity index (χ4n) is 2.02. The Labute approximate surface area is 133 Å². The Bertz CT molecular complexity index is 621. The third-order valence-electron chi connectivity index (χ3n) is 3.45. The summed E-state index contributed by atoms with van der Waals surface area (Å²) in [4.78, 5) is 11.9. The van der Waals surface area contributed by atoms with E-state index in [9.17, 15) is 9.18 Å². The molecule has 1 atom stereocenters. The summed E-state index contributed by atoms with van der Waals surface area (Å²) in [7, 11) is 0. The van der Waals surface area contributed by atoms with Crippen LogP contribution in [0.2, 0.25) is 0 Å². The molecule has 2 aromatic rings. The van der Waals surface area contributed by atoms with Gasteiger partial charge < -0.3 is 9.84 Å². The number of rotatable bonds is 6. The van der Waals surface area contributed by atoms with Gasteiger partial charge in [-0.25, -0.2) is 4.39 Å². The summed E-state index contributed by atoms with van der Waals surface area (Å²) in [5, 5.41) is 6.85. The number of amides is 1. The van der Waals surface area contributed by atoms with Gasteiger partial charge in [-0.1, -0.05) is 17.3 Å². The molecule has 1 amide bonds. The third kappa shape index (κ3) is 4.34. The van der Waals surface area contributed by atoms with E-state index < -0.39 is 0 Å². The third-order valence-corrected chi connectivity index (χ3v) is 4.65. The zero-order chi connectivity index (χ0) is 16.1. The Morgan fingerprint density at radius 3 is 2.64 bits per heavy atom. The minimum Gasteiger partial charge on any atom is -0.361 e. The maximum atomic E-state index is 12.9. The van der Waals surface area contributed by atoms with Gasteiger partial charge in [-0.15, -0.1) is 11.8 Å². The molecule has 0 aliphatic heterocycles. The highest BCUT2D eigenvalue weighted by Gasteiger charge is 2.12. The zero-order valence-electron chi connectivity index (χ0n) is 12.9. The van der Waals surface area contributed by atoms with Crippen LogP contribution in [0.4, 0.5) is 4.39 Å². The van der Waals surface area contributed by atoms with Crippen LogP contribution in [-0.2, 0) is 11.3 Å². The predicted molar refractivity (Wildman–Crippen MR) is 85.1 cm³/mol. The van der Waals surface area contributed by atoms with Gasteiger partial charge >= 0.3 is 0 Å². The largest absolute Gasteiger partial charge is 0.361 e. The highest BCUT2D eigenvalue weighted by Crippen LogP contribution is 2.27. The molecule has 2 rings (SSSR count). The molecule has 22 heavy (non-hydrogen) atoms. The van der Waals surface area contributed by atoms with Crippen LogP contribution >= 0.6 is 11.8 Å². The van der Waals surface area contributed by atoms with Gasteiger partial charge in [-0.05, 0) is 38.5 Å². The molecule has 0 aliphatic rings. The molecule has 0 unspecified atom stereocenters. The summed E-state index contributed by atoms with van der Waals surface area (Å²) in [6, 6.07) is 6.36. The molecule has 0 aliphatic carbocycles. The molecule has 1 heterocycles. The van der Waals surface area contributed by atoms with E-state index in [2.05, 4.69) is 10.5 Å². The number of halogens is 1. The van der Waals surface area contributed by atoms with Crippen LogP contribution in [-0.4, -0.2) is 16.8 Å². The van der Waals surface area contributed by atoms with Crippen molar-refractivity contribution in [2.24, 2.45) is 0 Å². The van der Waals surface area contributed by atoms with Crippen molar-refractivity contribution >= 4 is 17.7 Å². The molecule has 0 spiro atoms. The standard InChI is InChI=1S/C16H19FN2O2S/c1-10-15(11(2)21-19-10)8-18-16(20)9-22-12(3)13-4-6-14(17)7-5-13/h4-7,12H,8-9H2,1-3H3,(H,18,20)/t12-/m0/s1. The average molecular weight is 322 g/mol. The summed E-state index contributed by atoms with van der Waals surface area (Å²) in [6.07, 6.45) is 0. The second-order valence-electron chi connectivity index (χ2n) is 5.08. The van der Waals surface area contributed by atoms with Crippen LogP contribution < -0.4 is 5.32 Å². The van der Waals surface area contributed by atoms with Crippen LogP contribution in [0.5, 0.6) is 0 Å². The lowest BCUT2D eigenvalue weighted by atomic mass is 10.2. The summed E-state index contributed by atoms with van der Waals surface area (Å²) in [5.74, 6) is 0.782. The van der Waals surface area contributed by atoms with E-state index in [-0.39, 0.29) is 17.0 Å². The van der Waals surface area contributed by atoms with Gasteiger partial charge in [0.2, 0.25) is 5.91 Å². The molecule has 0 radical (unpaired) electrons. The quantitative estimate of drug-likeness (QED) is 0.884. The fraction of sp³-hybridized carbons (Fsp3) is 0.375. The SMILES string of the molecule is Cc1noc(C)c1CNC(=O)CS[C@@H](C)c1ccc(F)cc1. The van der Waals surface area contributed by atoms with Crippen molar-refractivity contribution in [2.75, 3.05) is 5.75 Å². The number of benzene rings is 1. The first-order valence-electron chi connectivity index (χ1n) is 7.03. The van der Waals surface area contributed by atoms with Gasteiger partial charge in [0, 0.05) is 17.4 Å². The van der Waals surface area contributed by atoms with Crippen molar-refractivity contribution in [3.63, 3.8) is 0 Å². The molecule has 1 aromatic carbocycles. The van der Waals surface area contributed by atoms with Crippen molar-refractivity contribution in [1.29, 1.82) is 0 Å². The molecule has 1 N–H and O–H groups in total. The van der Waals surface area contributed by atoms with E-state index >= 15 is 0 Å². The van der Waals surface area contributed by atoms with Crippen LogP contribution in [0, 0.1) is 19.7 Å². The van der Waals surface area contributed by atoms with E-state index in [1.165, 1.54) is 23.9 Å². The summed E-state index contributed by atoms with van der Waals surface area (Å²) in [5.41, 5.74) is 2.72. The van der Waals surface area contributed by atoms with E-state index in [1.807, 2.05) is 20.8 Å². The number of carbonyl (C=O) groups is 1. The molecule has 4 nitrogen and oxygen atoms in total. The molecular weight excluding hydrogens is 303 g/mol. The lowest BCUT2D eigenvalue weighted by Crippen LogP contribution is -2.25. The maximum Gasteiger partial charge on any atom is 0.230 e. The van der Waals surface area contributed by atoms with Crippen LogP contribution in [0.15, 0.2) is 28.8 Å². The van der Waals surface area contributed by atoms with Gasteiger partial charge in [0.05, 0.1) is 11.4 Å². The minimum atomic E-state index is -0.252. The Balaban J connectivity index is 1.79. The average Bonchev–Trinajstić information content (AvgIpc) is 2.82. The van der Waals surface area contributed by atoms with E-state index in [4.69, 9.17) is 4.52 Å². The number of thioether (sulfide) groups is 1.